The van der Waals surface area contributed by atoms with Crippen LogP contribution in [0.5, 0.6) is 5.75 Å². The van der Waals surface area contributed by atoms with Gasteiger partial charge in [-0.05, 0) is 70.1 Å². The van der Waals surface area contributed by atoms with Crippen molar-refractivity contribution in [2.24, 2.45) is 13.0 Å². The average molecular weight is 563 g/mol. The Morgan fingerprint density at radius 2 is 2.03 bits per heavy atom. The molecule has 1 fully saturated rings. The number of rotatable bonds is 9. The van der Waals surface area contributed by atoms with Crippen LogP contribution in [-0.2, 0) is 23.9 Å². The van der Waals surface area contributed by atoms with Crippen LogP contribution in [0.4, 0.5) is 0 Å². The van der Waals surface area contributed by atoms with Crippen LogP contribution in [-0.4, -0.2) is 60.9 Å². The fourth-order valence-corrected chi connectivity index (χ4v) is 6.42. The number of nitrogens with one attached hydrogen (secondary N) is 1. The number of carbonyl (C=O) groups is 1. The third-order valence-electron chi connectivity index (χ3n) is 7.63. The summed E-state index contributed by atoms with van der Waals surface area (Å²) in [6.07, 6.45) is 2.15. The van der Waals surface area contributed by atoms with Gasteiger partial charge in [0.2, 0.25) is 0 Å². The molecule has 1 aromatic heterocycles. The molecule has 1 heterocycles. The quantitative estimate of drug-likeness (QED) is 0.342. The first kappa shape index (κ1) is 28.7. The summed E-state index contributed by atoms with van der Waals surface area (Å²) in [5.41, 5.74) is 1.95. The predicted molar refractivity (Wildman–Crippen MR) is 152 cm³/mol. The van der Waals surface area contributed by atoms with Crippen molar-refractivity contribution in [3.05, 3.63) is 63.3 Å². The standard InChI is InChI=1S/C29H37Cl2N3O4/c1-6-38-28(35)27-23(26-24(31)14-20(30)15-25(26)34(27)4)16-32-21-10-11-29(36,19(12-21)17-33(2)3)18-8-7-9-22(13-18)37-5/h7-9,13-15,19,21,32,36H,6,10-12,16-17H2,1-5H3. The van der Waals surface area contributed by atoms with E-state index >= 15 is 0 Å². The summed E-state index contributed by atoms with van der Waals surface area (Å²) >= 11 is 12.9. The zero-order chi connectivity index (χ0) is 27.6. The van der Waals surface area contributed by atoms with E-state index < -0.39 is 11.6 Å². The first-order valence-electron chi connectivity index (χ1n) is 13.0. The zero-order valence-corrected chi connectivity index (χ0v) is 24.2. The van der Waals surface area contributed by atoms with E-state index in [0.717, 1.165) is 47.2 Å². The summed E-state index contributed by atoms with van der Waals surface area (Å²) < 4.78 is 12.6. The van der Waals surface area contributed by atoms with E-state index in [0.29, 0.717) is 28.7 Å². The molecular weight excluding hydrogens is 525 g/mol. The smallest absolute Gasteiger partial charge is 0.355 e. The van der Waals surface area contributed by atoms with Crippen LogP contribution in [0.3, 0.4) is 0 Å². The van der Waals surface area contributed by atoms with Gasteiger partial charge in [-0.1, -0.05) is 35.3 Å². The Balaban J connectivity index is 1.62. The van der Waals surface area contributed by atoms with E-state index in [2.05, 4.69) is 10.2 Å². The molecule has 38 heavy (non-hydrogen) atoms. The molecule has 2 aromatic carbocycles. The van der Waals surface area contributed by atoms with Gasteiger partial charge in [0.25, 0.3) is 0 Å². The average Bonchev–Trinajstić information content (AvgIpc) is 3.16. The minimum atomic E-state index is -0.966. The second-order valence-corrected chi connectivity index (χ2v) is 11.2. The van der Waals surface area contributed by atoms with Crippen LogP contribution in [0.15, 0.2) is 36.4 Å². The van der Waals surface area contributed by atoms with E-state index in [4.69, 9.17) is 32.7 Å². The highest BCUT2D eigenvalue weighted by molar-refractivity contribution is 6.39. The summed E-state index contributed by atoms with van der Waals surface area (Å²) in [4.78, 5) is 15.1. The van der Waals surface area contributed by atoms with Gasteiger partial charge in [-0.2, -0.15) is 0 Å². The van der Waals surface area contributed by atoms with Gasteiger partial charge >= 0.3 is 5.97 Å². The number of aryl methyl sites for hydroxylation is 1. The lowest BCUT2D eigenvalue weighted by Crippen LogP contribution is -2.49. The molecule has 3 atom stereocenters. The molecule has 7 nitrogen and oxygen atoms in total. The molecule has 0 saturated heterocycles. The van der Waals surface area contributed by atoms with Crippen LogP contribution in [0.25, 0.3) is 10.9 Å². The van der Waals surface area contributed by atoms with Crippen LogP contribution in [0.2, 0.25) is 10.0 Å². The Kier molecular flexibility index (Phi) is 8.95. The molecule has 3 unspecified atom stereocenters. The molecule has 0 spiro atoms. The topological polar surface area (TPSA) is 76.0 Å². The predicted octanol–water partition coefficient (Wildman–Crippen LogP) is 5.38. The minimum Gasteiger partial charge on any atom is -0.497 e. The Morgan fingerprint density at radius 1 is 1.26 bits per heavy atom. The molecular formula is C29H37Cl2N3O4. The van der Waals surface area contributed by atoms with Gasteiger partial charge in [0.15, 0.2) is 0 Å². The van der Waals surface area contributed by atoms with Crippen LogP contribution in [0.1, 0.15) is 47.8 Å². The number of hydrogen-bond donors (Lipinski definition) is 2. The highest BCUT2D eigenvalue weighted by atomic mass is 35.5. The highest BCUT2D eigenvalue weighted by Gasteiger charge is 2.43. The molecule has 0 aliphatic heterocycles. The molecule has 9 heteroatoms. The van der Waals surface area contributed by atoms with Crippen LogP contribution in [0, 0.1) is 5.92 Å². The van der Waals surface area contributed by atoms with Crippen molar-refractivity contribution in [1.82, 2.24) is 14.8 Å². The fraction of sp³-hybridized carbons (Fsp3) is 0.483. The van der Waals surface area contributed by atoms with E-state index in [1.54, 1.807) is 24.7 Å². The fourth-order valence-electron chi connectivity index (χ4n) is 5.82. The minimum absolute atomic E-state index is 0.00436. The Morgan fingerprint density at radius 3 is 2.71 bits per heavy atom. The van der Waals surface area contributed by atoms with Crippen molar-refractivity contribution in [3.8, 4) is 5.75 Å². The summed E-state index contributed by atoms with van der Waals surface area (Å²) in [5, 5.41) is 17.4. The molecule has 0 radical (unpaired) electrons. The van der Waals surface area contributed by atoms with Gasteiger partial charge in [-0.25, -0.2) is 4.79 Å². The number of ether oxygens (including phenoxy) is 2. The number of methoxy groups -OCH3 is 1. The number of hydrogen-bond acceptors (Lipinski definition) is 6. The lowest BCUT2D eigenvalue weighted by molar-refractivity contribution is -0.0694. The molecule has 1 saturated carbocycles. The molecule has 2 N–H and O–H groups in total. The normalized spacial score (nSPS) is 21.7. The molecule has 1 aliphatic carbocycles. The number of benzene rings is 2. The van der Waals surface area contributed by atoms with E-state index in [-0.39, 0.29) is 18.6 Å². The highest BCUT2D eigenvalue weighted by Crippen LogP contribution is 2.43. The Labute approximate surface area is 234 Å². The Hall–Kier alpha value is -2.29. The SMILES string of the molecule is CCOC(=O)c1c(CNC2CCC(O)(c3cccc(OC)c3)C(CN(C)C)C2)c2c(Cl)cc(Cl)cc2n1C. The van der Waals surface area contributed by atoms with Crippen molar-refractivity contribution in [2.75, 3.05) is 34.4 Å². The molecule has 0 amide bonds. The largest absolute Gasteiger partial charge is 0.497 e. The van der Waals surface area contributed by atoms with Gasteiger partial charge in [0.1, 0.15) is 11.4 Å². The molecule has 0 bridgehead atoms. The monoisotopic (exact) mass is 561 g/mol. The van der Waals surface area contributed by atoms with E-state index in [1.165, 1.54) is 0 Å². The van der Waals surface area contributed by atoms with Crippen molar-refractivity contribution in [2.45, 2.75) is 44.4 Å². The van der Waals surface area contributed by atoms with Crippen molar-refractivity contribution >= 4 is 40.1 Å². The third kappa shape index (κ3) is 5.68. The number of nitrogens with zero attached hydrogens (tertiary/aromatic N) is 2. The van der Waals surface area contributed by atoms with Gasteiger partial charge in [-0.3, -0.25) is 0 Å². The maximum Gasteiger partial charge on any atom is 0.355 e. The van der Waals surface area contributed by atoms with Crippen molar-refractivity contribution in [1.29, 1.82) is 0 Å². The number of esters is 1. The molecule has 1 aliphatic rings. The van der Waals surface area contributed by atoms with Gasteiger partial charge in [0.05, 0.1) is 29.9 Å². The second-order valence-electron chi connectivity index (χ2n) is 10.4. The summed E-state index contributed by atoms with van der Waals surface area (Å²) in [5.74, 6) is 0.339. The maximum absolute atomic E-state index is 13.0. The maximum atomic E-state index is 13.0. The lowest BCUT2D eigenvalue weighted by Gasteiger charge is -2.45. The number of carbonyl (C=O) groups excluding carboxylic acids is 1. The van der Waals surface area contributed by atoms with Gasteiger partial charge in [0, 0.05) is 48.1 Å². The molecule has 4 rings (SSSR count). The van der Waals surface area contributed by atoms with Crippen molar-refractivity contribution in [3.63, 3.8) is 0 Å². The second kappa shape index (κ2) is 11.8. The lowest BCUT2D eigenvalue weighted by atomic mass is 9.69. The van der Waals surface area contributed by atoms with E-state index in [9.17, 15) is 9.90 Å². The number of aliphatic hydroxyl groups is 1. The number of aromatic nitrogens is 1. The molecule has 206 valence electrons. The molecule has 3 aromatic rings. The van der Waals surface area contributed by atoms with E-state index in [1.807, 2.05) is 51.5 Å². The summed E-state index contributed by atoms with van der Waals surface area (Å²) in [7, 11) is 7.52. The van der Waals surface area contributed by atoms with Gasteiger partial charge in [-0.15, -0.1) is 0 Å². The zero-order valence-electron chi connectivity index (χ0n) is 22.7. The number of fused-ring (bicyclic) bond motifs is 1. The Bertz CT molecular complexity index is 1310. The number of halogens is 2. The summed E-state index contributed by atoms with van der Waals surface area (Å²) in [6.45, 7) is 3.24. The third-order valence-corrected chi connectivity index (χ3v) is 8.14. The summed E-state index contributed by atoms with van der Waals surface area (Å²) in [6, 6.07) is 11.4. The van der Waals surface area contributed by atoms with Gasteiger partial charge < -0.3 is 29.4 Å². The first-order valence-corrected chi connectivity index (χ1v) is 13.7. The van der Waals surface area contributed by atoms with Crippen molar-refractivity contribution < 1.29 is 19.4 Å². The van der Waals surface area contributed by atoms with Crippen LogP contribution >= 0.6 is 23.2 Å². The van der Waals surface area contributed by atoms with Crippen LogP contribution < -0.4 is 10.1 Å². The first-order chi connectivity index (χ1) is 18.1.